The molecule has 2 fully saturated rings. The van der Waals surface area contributed by atoms with Crippen molar-refractivity contribution in [2.24, 2.45) is 11.8 Å². The monoisotopic (exact) mass is 251 g/mol. The fourth-order valence-corrected chi connectivity index (χ4v) is 2.79. The number of nitriles is 1. The van der Waals surface area contributed by atoms with Crippen molar-refractivity contribution in [2.75, 3.05) is 21.2 Å². The standard InChI is InChI=1S/C11H13N3O4/c1-13-8(15)6-4-7(9(16)18-3)11(6,5-12)14(2)10(13)17/h6-7H,4H2,1-3H3. The maximum absolute atomic E-state index is 11.9. The molecule has 0 aromatic heterocycles. The van der Waals surface area contributed by atoms with Gasteiger partial charge >= 0.3 is 12.0 Å². The molecule has 0 N–H and O–H groups in total. The van der Waals surface area contributed by atoms with Crippen molar-refractivity contribution in [1.82, 2.24) is 9.80 Å². The van der Waals surface area contributed by atoms with Crippen LogP contribution in [0.1, 0.15) is 6.42 Å². The SMILES string of the molecule is COC(=O)C1CC2C(=O)N(C)C(=O)N(C)C12C#N. The van der Waals surface area contributed by atoms with Gasteiger partial charge in [-0.3, -0.25) is 14.5 Å². The number of hydrogen-bond donors (Lipinski definition) is 0. The van der Waals surface area contributed by atoms with E-state index in [1.807, 2.05) is 6.07 Å². The second-order valence-corrected chi connectivity index (χ2v) is 4.54. The van der Waals surface area contributed by atoms with Gasteiger partial charge in [0, 0.05) is 14.1 Å². The predicted octanol–water partition coefficient (Wildman–Crippen LogP) is -0.418. The number of carbonyl (C=O) groups excluding carboxylic acids is 3. The molecule has 3 atom stereocenters. The van der Waals surface area contributed by atoms with Crippen molar-refractivity contribution in [1.29, 1.82) is 5.26 Å². The summed E-state index contributed by atoms with van der Waals surface area (Å²) in [6, 6.07) is 1.39. The van der Waals surface area contributed by atoms with Gasteiger partial charge in [0.25, 0.3) is 0 Å². The minimum Gasteiger partial charge on any atom is -0.469 e. The number of fused-ring (bicyclic) bond motifs is 1. The van der Waals surface area contributed by atoms with Gasteiger partial charge in [-0.05, 0) is 6.42 Å². The first kappa shape index (κ1) is 12.4. The molecule has 7 nitrogen and oxygen atoms in total. The number of esters is 1. The highest BCUT2D eigenvalue weighted by Gasteiger charge is 2.69. The molecule has 18 heavy (non-hydrogen) atoms. The Morgan fingerprint density at radius 2 is 2.11 bits per heavy atom. The molecule has 0 bridgehead atoms. The number of imide groups is 1. The summed E-state index contributed by atoms with van der Waals surface area (Å²) in [5.41, 5.74) is -1.40. The van der Waals surface area contributed by atoms with Crippen molar-refractivity contribution in [3.8, 4) is 6.07 Å². The lowest BCUT2D eigenvalue weighted by Gasteiger charge is -2.57. The van der Waals surface area contributed by atoms with Gasteiger partial charge in [0.05, 0.1) is 25.0 Å². The Kier molecular flexibility index (Phi) is 2.54. The van der Waals surface area contributed by atoms with E-state index in [-0.39, 0.29) is 6.42 Å². The first-order chi connectivity index (χ1) is 8.41. The number of urea groups is 1. The molecule has 0 spiro atoms. The number of ether oxygens (including phenoxy) is 1. The first-order valence-electron chi connectivity index (χ1n) is 5.46. The normalized spacial score (nSPS) is 34.6. The smallest absolute Gasteiger partial charge is 0.327 e. The molecule has 0 aromatic carbocycles. The Balaban J connectivity index is 2.45. The van der Waals surface area contributed by atoms with Crippen molar-refractivity contribution in [3.63, 3.8) is 0 Å². The van der Waals surface area contributed by atoms with E-state index in [1.54, 1.807) is 0 Å². The highest BCUT2D eigenvalue weighted by molar-refractivity contribution is 6.02. The van der Waals surface area contributed by atoms with Gasteiger partial charge < -0.3 is 9.64 Å². The minimum atomic E-state index is -1.40. The number of hydrogen-bond acceptors (Lipinski definition) is 5. The zero-order chi connectivity index (χ0) is 13.7. The van der Waals surface area contributed by atoms with Gasteiger partial charge in [-0.1, -0.05) is 0 Å². The lowest BCUT2D eigenvalue weighted by molar-refractivity contribution is -0.171. The van der Waals surface area contributed by atoms with Crippen LogP contribution in [0.4, 0.5) is 4.79 Å². The fraction of sp³-hybridized carbons (Fsp3) is 0.636. The van der Waals surface area contributed by atoms with Crippen LogP contribution in [0.3, 0.4) is 0 Å². The first-order valence-corrected chi connectivity index (χ1v) is 5.46. The molecule has 7 heteroatoms. The fourth-order valence-electron chi connectivity index (χ4n) is 2.79. The summed E-state index contributed by atoms with van der Waals surface area (Å²) in [5.74, 6) is -2.40. The summed E-state index contributed by atoms with van der Waals surface area (Å²) >= 11 is 0. The maximum Gasteiger partial charge on any atom is 0.327 e. The molecule has 1 aliphatic heterocycles. The third kappa shape index (κ3) is 1.15. The largest absolute Gasteiger partial charge is 0.469 e. The van der Waals surface area contributed by atoms with Crippen molar-refractivity contribution in [2.45, 2.75) is 12.0 Å². The molecule has 1 aliphatic carbocycles. The van der Waals surface area contributed by atoms with E-state index in [0.717, 1.165) is 4.90 Å². The Labute approximate surface area is 104 Å². The van der Waals surface area contributed by atoms with Crippen molar-refractivity contribution in [3.05, 3.63) is 0 Å². The van der Waals surface area contributed by atoms with Gasteiger partial charge in [-0.15, -0.1) is 0 Å². The third-order valence-corrected chi connectivity index (χ3v) is 3.96. The molecule has 1 saturated heterocycles. The molecule has 1 heterocycles. The molecular weight excluding hydrogens is 238 g/mol. The number of amides is 3. The van der Waals surface area contributed by atoms with Crippen LogP contribution in [0.2, 0.25) is 0 Å². The van der Waals surface area contributed by atoms with Crippen LogP contribution in [0.15, 0.2) is 0 Å². The molecule has 2 rings (SSSR count). The average molecular weight is 251 g/mol. The molecule has 1 saturated carbocycles. The average Bonchev–Trinajstić information content (AvgIpc) is 2.34. The van der Waals surface area contributed by atoms with Crippen LogP contribution < -0.4 is 0 Å². The van der Waals surface area contributed by atoms with E-state index in [4.69, 9.17) is 0 Å². The summed E-state index contributed by atoms with van der Waals surface area (Å²) < 4.78 is 4.62. The molecule has 3 amide bonds. The van der Waals surface area contributed by atoms with E-state index < -0.39 is 35.3 Å². The van der Waals surface area contributed by atoms with Gasteiger partial charge in [-0.2, -0.15) is 5.26 Å². The summed E-state index contributed by atoms with van der Waals surface area (Å²) in [7, 11) is 4.02. The number of carbonyl (C=O) groups is 3. The zero-order valence-corrected chi connectivity index (χ0v) is 10.3. The zero-order valence-electron chi connectivity index (χ0n) is 10.3. The summed E-state index contributed by atoms with van der Waals surface area (Å²) in [6.45, 7) is 0. The van der Waals surface area contributed by atoms with Gasteiger partial charge in [0.2, 0.25) is 5.91 Å². The Morgan fingerprint density at radius 3 is 2.61 bits per heavy atom. The Hall–Kier alpha value is -2.10. The minimum absolute atomic E-state index is 0.237. The topological polar surface area (TPSA) is 90.7 Å². The molecule has 96 valence electrons. The van der Waals surface area contributed by atoms with Crippen LogP contribution in [0, 0.1) is 23.2 Å². The van der Waals surface area contributed by atoms with Crippen LogP contribution in [0.25, 0.3) is 0 Å². The van der Waals surface area contributed by atoms with E-state index >= 15 is 0 Å². The second-order valence-electron chi connectivity index (χ2n) is 4.54. The number of methoxy groups -OCH3 is 1. The predicted molar refractivity (Wildman–Crippen MR) is 57.9 cm³/mol. The molecule has 0 aromatic rings. The molecule has 3 unspecified atom stereocenters. The highest BCUT2D eigenvalue weighted by Crippen LogP contribution is 2.51. The van der Waals surface area contributed by atoms with E-state index in [2.05, 4.69) is 4.74 Å². The van der Waals surface area contributed by atoms with Gasteiger partial charge in [0.15, 0.2) is 5.54 Å². The van der Waals surface area contributed by atoms with E-state index in [1.165, 1.54) is 26.1 Å². The van der Waals surface area contributed by atoms with Crippen molar-refractivity contribution < 1.29 is 19.1 Å². The van der Waals surface area contributed by atoms with Crippen LogP contribution in [-0.2, 0) is 14.3 Å². The van der Waals surface area contributed by atoms with E-state index in [0.29, 0.717) is 0 Å². The summed E-state index contributed by atoms with van der Waals surface area (Å²) in [4.78, 5) is 37.6. The van der Waals surface area contributed by atoms with E-state index in [9.17, 15) is 19.6 Å². The summed E-state index contributed by atoms with van der Waals surface area (Å²) in [5, 5.41) is 9.36. The number of rotatable bonds is 1. The molecule has 0 radical (unpaired) electrons. The second kappa shape index (κ2) is 3.70. The third-order valence-electron chi connectivity index (χ3n) is 3.96. The Morgan fingerprint density at radius 1 is 1.50 bits per heavy atom. The maximum atomic E-state index is 11.9. The summed E-state index contributed by atoms with van der Waals surface area (Å²) in [6.07, 6.45) is 0.237. The van der Waals surface area contributed by atoms with Gasteiger partial charge in [0.1, 0.15) is 0 Å². The quantitative estimate of drug-likeness (QED) is 0.590. The van der Waals surface area contributed by atoms with Crippen molar-refractivity contribution >= 4 is 17.9 Å². The van der Waals surface area contributed by atoms with Crippen LogP contribution in [-0.4, -0.2) is 54.5 Å². The van der Waals surface area contributed by atoms with Crippen LogP contribution in [0.5, 0.6) is 0 Å². The van der Waals surface area contributed by atoms with Gasteiger partial charge in [-0.25, -0.2) is 4.79 Å². The Bertz CT molecular complexity index is 456. The van der Waals surface area contributed by atoms with Crippen LogP contribution >= 0.6 is 0 Å². The highest BCUT2D eigenvalue weighted by atomic mass is 16.5. The number of nitrogens with zero attached hydrogens (tertiary/aromatic N) is 3. The lowest BCUT2D eigenvalue weighted by Crippen LogP contribution is -2.76. The molecular formula is C11H13N3O4. The lowest BCUT2D eigenvalue weighted by atomic mass is 9.56. The molecule has 2 aliphatic rings.